The summed E-state index contributed by atoms with van der Waals surface area (Å²) >= 11 is 0. The van der Waals surface area contributed by atoms with Gasteiger partial charge in [0, 0.05) is 7.05 Å². The number of hydrogen-bond acceptors (Lipinski definition) is 3. The number of para-hydroxylation sites is 1. The van der Waals surface area contributed by atoms with Gasteiger partial charge in [0.2, 0.25) is 0 Å². The van der Waals surface area contributed by atoms with Gasteiger partial charge in [0.25, 0.3) is 0 Å². The molecular weight excluding hydrogens is 226 g/mol. The Labute approximate surface area is 107 Å². The molecule has 2 aromatic rings. The van der Waals surface area contributed by atoms with E-state index in [-0.39, 0.29) is 0 Å². The van der Waals surface area contributed by atoms with Crippen LogP contribution in [0.5, 0.6) is 5.75 Å². The molecule has 18 heavy (non-hydrogen) atoms. The average Bonchev–Trinajstić information content (AvgIpc) is 2.62. The van der Waals surface area contributed by atoms with Gasteiger partial charge < -0.3 is 10.5 Å². The molecule has 0 atom stereocenters. The van der Waals surface area contributed by atoms with Gasteiger partial charge in [-0.15, -0.1) is 0 Å². The van der Waals surface area contributed by atoms with E-state index in [1.807, 2.05) is 32.2 Å². The first-order valence-corrected chi connectivity index (χ1v) is 6.12. The molecule has 0 saturated carbocycles. The summed E-state index contributed by atoms with van der Waals surface area (Å²) in [5.74, 6) is 1.59. The molecule has 0 aliphatic carbocycles. The van der Waals surface area contributed by atoms with Crippen molar-refractivity contribution in [1.29, 1.82) is 0 Å². The highest BCUT2D eigenvalue weighted by molar-refractivity contribution is 5.43. The van der Waals surface area contributed by atoms with Gasteiger partial charge in [0.1, 0.15) is 18.2 Å². The molecule has 1 heterocycles. The van der Waals surface area contributed by atoms with Crippen LogP contribution in [0.2, 0.25) is 0 Å². The highest BCUT2D eigenvalue weighted by atomic mass is 16.5. The normalized spacial score (nSPS) is 10.6. The topological polar surface area (TPSA) is 53.1 Å². The lowest BCUT2D eigenvalue weighted by molar-refractivity contribution is 0.303. The van der Waals surface area contributed by atoms with Gasteiger partial charge in [-0.25, -0.2) is 0 Å². The zero-order valence-electron chi connectivity index (χ0n) is 11.1. The number of benzene rings is 1. The van der Waals surface area contributed by atoms with E-state index in [0.717, 1.165) is 23.4 Å². The van der Waals surface area contributed by atoms with E-state index in [1.165, 1.54) is 5.56 Å². The quantitative estimate of drug-likeness (QED) is 0.900. The standard InChI is InChI=1S/C14H19N3O/c1-4-11-7-5-6-8-13(11)18-9-12-10(2)16-17(3)14(12)15/h5-8H,4,9,15H2,1-3H3. The molecule has 4 nitrogen and oxygen atoms in total. The third-order valence-corrected chi connectivity index (χ3v) is 3.12. The van der Waals surface area contributed by atoms with Crippen molar-refractivity contribution in [2.24, 2.45) is 7.05 Å². The van der Waals surface area contributed by atoms with Crippen LogP contribution in [0.3, 0.4) is 0 Å². The number of aromatic nitrogens is 2. The molecule has 0 bridgehead atoms. The lowest BCUT2D eigenvalue weighted by Crippen LogP contribution is -2.03. The van der Waals surface area contributed by atoms with Crippen molar-refractivity contribution in [1.82, 2.24) is 9.78 Å². The summed E-state index contributed by atoms with van der Waals surface area (Å²) in [5, 5.41) is 4.28. The van der Waals surface area contributed by atoms with Crippen molar-refractivity contribution < 1.29 is 4.74 Å². The Bertz CT molecular complexity index is 546. The fourth-order valence-electron chi connectivity index (χ4n) is 1.98. The van der Waals surface area contributed by atoms with E-state index in [9.17, 15) is 0 Å². The van der Waals surface area contributed by atoms with Crippen LogP contribution in [0.4, 0.5) is 5.82 Å². The van der Waals surface area contributed by atoms with Crippen LogP contribution in [0, 0.1) is 6.92 Å². The van der Waals surface area contributed by atoms with Crippen LogP contribution in [-0.2, 0) is 20.1 Å². The van der Waals surface area contributed by atoms with Crippen molar-refractivity contribution in [2.75, 3.05) is 5.73 Å². The molecule has 0 fully saturated rings. The summed E-state index contributed by atoms with van der Waals surface area (Å²) < 4.78 is 7.54. The Morgan fingerprint density at radius 3 is 2.67 bits per heavy atom. The number of hydrogen-bond donors (Lipinski definition) is 1. The lowest BCUT2D eigenvalue weighted by Gasteiger charge is -2.10. The van der Waals surface area contributed by atoms with Gasteiger partial charge in [-0.1, -0.05) is 25.1 Å². The van der Waals surface area contributed by atoms with Crippen LogP contribution >= 0.6 is 0 Å². The van der Waals surface area contributed by atoms with Crippen LogP contribution in [0.1, 0.15) is 23.7 Å². The molecule has 96 valence electrons. The molecule has 0 aliphatic heterocycles. The molecule has 0 amide bonds. The van der Waals surface area contributed by atoms with Crippen molar-refractivity contribution >= 4 is 5.82 Å². The number of nitrogens with zero attached hydrogens (tertiary/aromatic N) is 2. The van der Waals surface area contributed by atoms with Crippen molar-refractivity contribution in [3.63, 3.8) is 0 Å². The third-order valence-electron chi connectivity index (χ3n) is 3.12. The summed E-state index contributed by atoms with van der Waals surface area (Å²) in [6.45, 7) is 4.52. The lowest BCUT2D eigenvalue weighted by atomic mass is 10.1. The van der Waals surface area contributed by atoms with Crippen molar-refractivity contribution in [3.8, 4) is 5.75 Å². The zero-order chi connectivity index (χ0) is 13.1. The fraction of sp³-hybridized carbons (Fsp3) is 0.357. The Kier molecular flexibility index (Phi) is 3.55. The van der Waals surface area contributed by atoms with Gasteiger partial charge in [-0.3, -0.25) is 4.68 Å². The zero-order valence-corrected chi connectivity index (χ0v) is 11.1. The second-order valence-corrected chi connectivity index (χ2v) is 4.32. The predicted octanol–water partition coefficient (Wildman–Crippen LogP) is 2.45. The number of aryl methyl sites for hydroxylation is 3. The van der Waals surface area contributed by atoms with E-state index in [0.29, 0.717) is 12.4 Å². The summed E-state index contributed by atoms with van der Waals surface area (Å²) in [7, 11) is 1.84. The Balaban J connectivity index is 2.16. The summed E-state index contributed by atoms with van der Waals surface area (Å²) in [6, 6.07) is 8.07. The first-order chi connectivity index (χ1) is 8.63. The monoisotopic (exact) mass is 245 g/mol. The first kappa shape index (κ1) is 12.5. The molecule has 2 rings (SSSR count). The van der Waals surface area contributed by atoms with Crippen LogP contribution in [0.15, 0.2) is 24.3 Å². The van der Waals surface area contributed by atoms with Crippen molar-refractivity contribution in [3.05, 3.63) is 41.1 Å². The average molecular weight is 245 g/mol. The largest absolute Gasteiger partial charge is 0.488 e. The van der Waals surface area contributed by atoms with Gasteiger partial charge in [0.15, 0.2) is 0 Å². The second-order valence-electron chi connectivity index (χ2n) is 4.32. The number of nitrogen functional groups attached to an aromatic ring is 1. The minimum Gasteiger partial charge on any atom is -0.488 e. The van der Waals surface area contributed by atoms with Gasteiger partial charge in [0.05, 0.1) is 11.3 Å². The SMILES string of the molecule is CCc1ccccc1OCc1c(C)nn(C)c1N. The summed E-state index contributed by atoms with van der Waals surface area (Å²) in [6.07, 6.45) is 0.956. The number of rotatable bonds is 4. The molecule has 0 spiro atoms. The van der Waals surface area contributed by atoms with Gasteiger partial charge in [-0.05, 0) is 25.0 Å². The Hall–Kier alpha value is -1.97. The molecule has 1 aromatic carbocycles. The molecule has 1 aromatic heterocycles. The number of nitrogens with two attached hydrogens (primary N) is 1. The molecule has 0 saturated heterocycles. The first-order valence-electron chi connectivity index (χ1n) is 6.12. The summed E-state index contributed by atoms with van der Waals surface area (Å²) in [4.78, 5) is 0. The molecule has 2 N–H and O–H groups in total. The maximum atomic E-state index is 5.96. The van der Waals surface area contributed by atoms with Gasteiger partial charge >= 0.3 is 0 Å². The van der Waals surface area contributed by atoms with Crippen LogP contribution < -0.4 is 10.5 Å². The number of anilines is 1. The Morgan fingerprint density at radius 1 is 1.33 bits per heavy atom. The van der Waals surface area contributed by atoms with Crippen LogP contribution in [-0.4, -0.2) is 9.78 Å². The van der Waals surface area contributed by atoms with E-state index in [2.05, 4.69) is 18.1 Å². The molecule has 0 radical (unpaired) electrons. The molecular formula is C14H19N3O. The van der Waals surface area contributed by atoms with Crippen LogP contribution in [0.25, 0.3) is 0 Å². The van der Waals surface area contributed by atoms with E-state index < -0.39 is 0 Å². The van der Waals surface area contributed by atoms with Crippen molar-refractivity contribution in [2.45, 2.75) is 26.9 Å². The second kappa shape index (κ2) is 5.12. The highest BCUT2D eigenvalue weighted by Gasteiger charge is 2.11. The van der Waals surface area contributed by atoms with E-state index >= 15 is 0 Å². The van der Waals surface area contributed by atoms with Gasteiger partial charge in [-0.2, -0.15) is 5.10 Å². The third kappa shape index (κ3) is 2.32. The maximum Gasteiger partial charge on any atom is 0.128 e. The molecule has 0 unspecified atom stereocenters. The Morgan fingerprint density at radius 2 is 2.06 bits per heavy atom. The van der Waals surface area contributed by atoms with E-state index in [1.54, 1.807) is 4.68 Å². The minimum atomic E-state index is 0.461. The fourth-order valence-corrected chi connectivity index (χ4v) is 1.98. The highest BCUT2D eigenvalue weighted by Crippen LogP contribution is 2.22. The maximum absolute atomic E-state index is 5.96. The summed E-state index contributed by atoms with van der Waals surface area (Å²) in [5.41, 5.74) is 9.05. The smallest absolute Gasteiger partial charge is 0.128 e. The predicted molar refractivity (Wildman–Crippen MR) is 72.5 cm³/mol. The number of ether oxygens (including phenoxy) is 1. The minimum absolute atomic E-state index is 0.461. The molecule has 4 heteroatoms. The van der Waals surface area contributed by atoms with E-state index in [4.69, 9.17) is 10.5 Å². The molecule has 0 aliphatic rings.